The van der Waals surface area contributed by atoms with Gasteiger partial charge in [-0.1, -0.05) is 50.9 Å². The smallest absolute Gasteiger partial charge is 0.166 e. The second kappa shape index (κ2) is 13.2. The molecule has 0 aliphatic rings. The molecule has 0 fully saturated rings. The van der Waals surface area contributed by atoms with Gasteiger partial charge in [-0.25, -0.2) is 0 Å². The molecule has 0 heterocycles. The van der Waals surface area contributed by atoms with E-state index in [-0.39, 0.29) is 0 Å². The molecule has 0 aliphatic heterocycles. The van der Waals surface area contributed by atoms with Gasteiger partial charge in [0, 0.05) is 12.0 Å². The number of alkyl halides is 3. The molecule has 0 atom stereocenters. The quantitative estimate of drug-likeness (QED) is 0.290. The van der Waals surface area contributed by atoms with Crippen LogP contribution in [0, 0.1) is 11.8 Å². The SMILES string of the molecule is CCCSCCCCCCCCCC#Cc1ccc(C(F)(F)F)cc1. The van der Waals surface area contributed by atoms with E-state index in [0.717, 1.165) is 25.0 Å². The Morgan fingerprint density at radius 2 is 1.44 bits per heavy atom. The zero-order valence-corrected chi connectivity index (χ0v) is 15.9. The molecule has 1 aromatic carbocycles. The number of thioether (sulfide) groups is 1. The fourth-order valence-electron chi connectivity index (χ4n) is 2.45. The minimum absolute atomic E-state index is 0.623. The van der Waals surface area contributed by atoms with Crippen LogP contribution in [0.4, 0.5) is 13.2 Å². The molecule has 1 rings (SSSR count). The second-order valence-electron chi connectivity index (χ2n) is 6.21. The van der Waals surface area contributed by atoms with Gasteiger partial charge in [0.05, 0.1) is 5.56 Å². The van der Waals surface area contributed by atoms with E-state index in [1.165, 1.54) is 68.6 Å². The summed E-state index contributed by atoms with van der Waals surface area (Å²) in [6.45, 7) is 2.22. The van der Waals surface area contributed by atoms with Crippen LogP contribution in [-0.2, 0) is 6.18 Å². The Morgan fingerprint density at radius 1 is 0.840 bits per heavy atom. The van der Waals surface area contributed by atoms with Crippen LogP contribution in [0.25, 0.3) is 0 Å². The molecule has 140 valence electrons. The minimum atomic E-state index is -4.28. The van der Waals surface area contributed by atoms with Crippen LogP contribution in [-0.4, -0.2) is 11.5 Å². The first-order valence-corrected chi connectivity index (χ1v) is 10.4. The van der Waals surface area contributed by atoms with Gasteiger partial charge in [0.25, 0.3) is 0 Å². The molecule has 0 saturated heterocycles. The average Bonchev–Trinajstić information content (AvgIpc) is 2.58. The molecular weight excluding hydrogens is 341 g/mol. The van der Waals surface area contributed by atoms with Gasteiger partial charge < -0.3 is 0 Å². The molecule has 0 nitrogen and oxygen atoms in total. The lowest BCUT2D eigenvalue weighted by molar-refractivity contribution is -0.137. The van der Waals surface area contributed by atoms with Gasteiger partial charge in [-0.05, 0) is 55.0 Å². The second-order valence-corrected chi connectivity index (χ2v) is 7.44. The van der Waals surface area contributed by atoms with E-state index >= 15 is 0 Å². The summed E-state index contributed by atoms with van der Waals surface area (Å²) in [5.74, 6) is 8.58. The zero-order valence-electron chi connectivity index (χ0n) is 15.1. The summed E-state index contributed by atoms with van der Waals surface area (Å²) in [7, 11) is 0. The van der Waals surface area contributed by atoms with Crippen LogP contribution in [0.1, 0.15) is 75.8 Å². The van der Waals surface area contributed by atoms with Crippen molar-refractivity contribution in [2.45, 2.75) is 70.9 Å². The summed E-state index contributed by atoms with van der Waals surface area (Å²) in [6, 6.07) is 5.05. The number of hydrogen-bond donors (Lipinski definition) is 0. The van der Waals surface area contributed by atoms with Gasteiger partial charge in [0.2, 0.25) is 0 Å². The summed E-state index contributed by atoms with van der Waals surface area (Å²) in [4.78, 5) is 0. The standard InChI is InChI=1S/C21H29F3S/c1-2-17-25-18-11-9-7-5-3-4-6-8-10-12-19-13-15-20(16-14-19)21(22,23)24/h13-16H,2-9,11,17-18H2,1H3. The van der Waals surface area contributed by atoms with Crippen LogP contribution in [0.5, 0.6) is 0 Å². The lowest BCUT2D eigenvalue weighted by Gasteiger charge is -2.05. The van der Waals surface area contributed by atoms with Crippen molar-refractivity contribution >= 4 is 11.8 Å². The molecule has 0 spiro atoms. The highest BCUT2D eigenvalue weighted by atomic mass is 32.2. The highest BCUT2D eigenvalue weighted by Gasteiger charge is 2.29. The fourth-order valence-corrected chi connectivity index (χ4v) is 3.36. The Bertz CT molecular complexity index is 509. The Morgan fingerprint density at radius 3 is 2.04 bits per heavy atom. The third kappa shape index (κ3) is 11.2. The molecule has 0 unspecified atom stereocenters. The van der Waals surface area contributed by atoms with Crippen LogP contribution in [0.2, 0.25) is 0 Å². The summed E-state index contributed by atoms with van der Waals surface area (Å²) in [5.41, 5.74) is 0.0240. The number of hydrogen-bond acceptors (Lipinski definition) is 1. The number of rotatable bonds is 11. The van der Waals surface area contributed by atoms with Gasteiger partial charge in [0.15, 0.2) is 0 Å². The molecule has 1 aromatic rings. The monoisotopic (exact) mass is 370 g/mol. The van der Waals surface area contributed by atoms with Crippen LogP contribution >= 0.6 is 11.8 Å². The normalized spacial score (nSPS) is 11.2. The van der Waals surface area contributed by atoms with Crippen molar-refractivity contribution < 1.29 is 13.2 Å². The Kier molecular flexibility index (Phi) is 11.6. The number of halogens is 3. The minimum Gasteiger partial charge on any atom is -0.166 e. The summed E-state index contributed by atoms with van der Waals surface area (Å²) >= 11 is 2.06. The van der Waals surface area contributed by atoms with Gasteiger partial charge in [0.1, 0.15) is 0 Å². The van der Waals surface area contributed by atoms with E-state index in [2.05, 4.69) is 30.5 Å². The third-order valence-corrected chi connectivity index (χ3v) is 5.16. The Balaban J connectivity index is 2.02. The van der Waals surface area contributed by atoms with E-state index in [0.29, 0.717) is 5.56 Å². The highest BCUT2D eigenvalue weighted by Crippen LogP contribution is 2.28. The van der Waals surface area contributed by atoms with Gasteiger partial charge >= 0.3 is 6.18 Å². The molecule has 0 saturated carbocycles. The molecular formula is C21H29F3S. The average molecular weight is 371 g/mol. The largest absolute Gasteiger partial charge is 0.416 e. The van der Waals surface area contributed by atoms with Crippen molar-refractivity contribution in [3.8, 4) is 11.8 Å². The maximum Gasteiger partial charge on any atom is 0.416 e. The molecule has 0 aromatic heterocycles. The third-order valence-electron chi connectivity index (χ3n) is 3.88. The number of unbranched alkanes of at least 4 members (excludes halogenated alkanes) is 7. The molecule has 0 aliphatic carbocycles. The summed E-state index contributed by atoms with van der Waals surface area (Å²) in [5, 5.41) is 0. The van der Waals surface area contributed by atoms with E-state index in [9.17, 15) is 13.2 Å². The van der Waals surface area contributed by atoms with E-state index in [4.69, 9.17) is 0 Å². The molecule has 4 heteroatoms. The van der Waals surface area contributed by atoms with Crippen LogP contribution < -0.4 is 0 Å². The van der Waals surface area contributed by atoms with Crippen molar-refractivity contribution in [2.75, 3.05) is 11.5 Å². The molecule has 0 radical (unpaired) electrons. The van der Waals surface area contributed by atoms with Gasteiger partial charge in [-0.15, -0.1) is 0 Å². The van der Waals surface area contributed by atoms with Gasteiger partial charge in [-0.2, -0.15) is 24.9 Å². The van der Waals surface area contributed by atoms with E-state index in [1.807, 2.05) is 0 Å². The van der Waals surface area contributed by atoms with Crippen LogP contribution in [0.3, 0.4) is 0 Å². The first kappa shape index (κ1) is 22.0. The van der Waals surface area contributed by atoms with Gasteiger partial charge in [-0.3, -0.25) is 0 Å². The Labute approximate surface area is 155 Å². The van der Waals surface area contributed by atoms with E-state index in [1.54, 1.807) is 0 Å². The molecule has 25 heavy (non-hydrogen) atoms. The maximum atomic E-state index is 12.5. The molecule has 0 N–H and O–H groups in total. The lowest BCUT2D eigenvalue weighted by Crippen LogP contribution is -2.04. The Hall–Kier alpha value is -1.08. The first-order valence-electron chi connectivity index (χ1n) is 9.28. The summed E-state index contributed by atoms with van der Waals surface area (Å²) < 4.78 is 37.4. The van der Waals surface area contributed by atoms with Crippen molar-refractivity contribution in [3.63, 3.8) is 0 Å². The topological polar surface area (TPSA) is 0 Å². The van der Waals surface area contributed by atoms with Crippen molar-refractivity contribution in [1.29, 1.82) is 0 Å². The molecule has 0 amide bonds. The van der Waals surface area contributed by atoms with Crippen molar-refractivity contribution in [2.24, 2.45) is 0 Å². The predicted octanol–water partition coefficient (Wildman–Crippen LogP) is 7.32. The van der Waals surface area contributed by atoms with Crippen molar-refractivity contribution in [3.05, 3.63) is 35.4 Å². The maximum absolute atomic E-state index is 12.5. The van der Waals surface area contributed by atoms with E-state index < -0.39 is 11.7 Å². The fraction of sp³-hybridized carbons (Fsp3) is 0.619. The first-order chi connectivity index (χ1) is 12.0. The predicted molar refractivity (Wildman–Crippen MR) is 103 cm³/mol. The highest BCUT2D eigenvalue weighted by molar-refractivity contribution is 7.99. The zero-order chi connectivity index (χ0) is 18.4. The van der Waals surface area contributed by atoms with Crippen LogP contribution in [0.15, 0.2) is 24.3 Å². The lowest BCUT2D eigenvalue weighted by atomic mass is 10.1. The summed E-state index contributed by atoms with van der Waals surface area (Å²) in [6.07, 6.45) is 6.61. The van der Waals surface area contributed by atoms with Crippen molar-refractivity contribution in [1.82, 2.24) is 0 Å². The molecule has 0 bridgehead atoms. The number of benzene rings is 1.